The molecule has 0 atom stereocenters. The molecule has 0 bridgehead atoms. The molecule has 0 saturated carbocycles. The highest BCUT2D eigenvalue weighted by molar-refractivity contribution is 4.83. The Labute approximate surface area is 81.3 Å². The van der Waals surface area contributed by atoms with Crippen LogP contribution in [0.1, 0.15) is 26.7 Å². The zero-order valence-corrected chi connectivity index (χ0v) is 7.94. The minimum Gasteiger partial charge on any atom is -0.186 e. The normalized spacial score (nSPS) is 13.2. The van der Waals surface area contributed by atoms with Gasteiger partial charge in [-0.2, -0.15) is 35.1 Å². The highest BCUT2D eigenvalue weighted by atomic mass is 19.5. The lowest BCUT2D eigenvalue weighted by Gasteiger charge is -2.21. The second kappa shape index (κ2) is 5.50. The Morgan fingerprint density at radius 2 is 0.800 bits per heavy atom. The van der Waals surface area contributed by atoms with Crippen molar-refractivity contribution in [3.05, 3.63) is 0 Å². The summed E-state index contributed by atoms with van der Waals surface area (Å²) in [5, 5.41) is 0. The first kappa shape index (κ1) is 16.9. The van der Waals surface area contributed by atoms with Crippen LogP contribution in [0.25, 0.3) is 0 Å². The fourth-order valence-electron chi connectivity index (χ4n) is 0.161. The lowest BCUT2D eigenvalue weighted by Crippen LogP contribution is -2.49. The Morgan fingerprint density at radius 3 is 0.800 bits per heavy atom. The summed E-state index contributed by atoms with van der Waals surface area (Å²) < 4.78 is 87.5. The minimum atomic E-state index is -6.62. The van der Waals surface area contributed by atoms with Crippen LogP contribution < -0.4 is 0 Å². The van der Waals surface area contributed by atoms with Gasteiger partial charge in [-0.1, -0.05) is 26.7 Å². The van der Waals surface area contributed by atoms with Gasteiger partial charge in [0.05, 0.1) is 0 Å². The van der Waals surface area contributed by atoms with Gasteiger partial charge in [-0.25, -0.2) is 0 Å². The molecule has 0 unspecified atom stereocenters. The summed E-state index contributed by atoms with van der Waals surface area (Å²) >= 11 is 0. The highest BCUT2D eigenvalue weighted by Crippen LogP contribution is 2.46. The van der Waals surface area contributed by atoms with E-state index in [2.05, 4.69) is 13.8 Å². The molecular weight excluding hydrogens is 236 g/mol. The van der Waals surface area contributed by atoms with Crippen LogP contribution >= 0.6 is 0 Å². The lowest BCUT2D eigenvalue weighted by atomic mass is 10.3. The molecule has 94 valence electrons. The highest BCUT2D eigenvalue weighted by Gasteiger charge is 2.74. The molecule has 0 radical (unpaired) electrons. The fourth-order valence-corrected chi connectivity index (χ4v) is 0.161. The summed E-state index contributed by atoms with van der Waals surface area (Å²) in [6.45, 7) is 4.36. The molecular formula is C7H10F8. The number of hydrogen-bond donors (Lipinski definition) is 0. The Bertz CT molecular complexity index is 147. The van der Waals surface area contributed by atoms with Gasteiger partial charge in [0.25, 0.3) is 0 Å². The monoisotopic (exact) mass is 246 g/mol. The number of rotatable bonds is 1. The SMILES string of the molecule is CCCC.FC(F)(F)C(F)(F)C(F)(F)F. The van der Waals surface area contributed by atoms with Crippen LogP contribution in [-0.2, 0) is 0 Å². The second-order valence-corrected chi connectivity index (χ2v) is 2.57. The molecule has 0 saturated heterocycles. The Morgan fingerprint density at radius 1 is 0.600 bits per heavy atom. The van der Waals surface area contributed by atoms with Crippen LogP contribution in [-0.4, -0.2) is 18.3 Å². The number of halogens is 8. The molecule has 0 amide bonds. The van der Waals surface area contributed by atoms with E-state index in [4.69, 9.17) is 0 Å². The lowest BCUT2D eigenvalue weighted by molar-refractivity contribution is -0.389. The van der Waals surface area contributed by atoms with Crippen LogP contribution in [0.2, 0.25) is 0 Å². The van der Waals surface area contributed by atoms with Gasteiger partial charge in [-0.05, 0) is 0 Å². The summed E-state index contributed by atoms with van der Waals surface area (Å²) in [5.41, 5.74) is 0. The molecule has 0 rings (SSSR count). The molecule has 0 nitrogen and oxygen atoms in total. The van der Waals surface area contributed by atoms with E-state index >= 15 is 0 Å². The third-order valence-electron chi connectivity index (χ3n) is 1.21. The van der Waals surface area contributed by atoms with Gasteiger partial charge in [-0.3, -0.25) is 0 Å². The first-order valence-electron chi connectivity index (χ1n) is 3.93. The fraction of sp³-hybridized carbons (Fsp3) is 1.00. The molecule has 0 aromatic carbocycles. The van der Waals surface area contributed by atoms with E-state index < -0.39 is 18.3 Å². The van der Waals surface area contributed by atoms with Gasteiger partial charge < -0.3 is 0 Å². The average Bonchev–Trinajstić information content (AvgIpc) is 2.01. The van der Waals surface area contributed by atoms with E-state index in [0.717, 1.165) is 0 Å². The van der Waals surface area contributed by atoms with E-state index in [0.29, 0.717) is 0 Å². The molecule has 0 N–H and O–H groups in total. The van der Waals surface area contributed by atoms with Crippen molar-refractivity contribution in [2.24, 2.45) is 0 Å². The predicted octanol–water partition coefficient (Wildman–Crippen LogP) is 4.55. The maximum absolute atomic E-state index is 11.2. The van der Waals surface area contributed by atoms with Crippen molar-refractivity contribution in [3.8, 4) is 0 Å². The Kier molecular flexibility index (Phi) is 6.18. The third-order valence-corrected chi connectivity index (χ3v) is 1.21. The van der Waals surface area contributed by atoms with Gasteiger partial charge in [0.1, 0.15) is 0 Å². The first-order chi connectivity index (χ1) is 6.41. The van der Waals surface area contributed by atoms with Crippen LogP contribution in [0, 0.1) is 0 Å². The van der Waals surface area contributed by atoms with E-state index in [1.807, 2.05) is 0 Å². The van der Waals surface area contributed by atoms with Crippen LogP contribution in [0.4, 0.5) is 35.1 Å². The summed E-state index contributed by atoms with van der Waals surface area (Å²) in [7, 11) is 0. The quantitative estimate of drug-likeness (QED) is 0.595. The molecule has 0 aliphatic heterocycles. The number of hydrogen-bond acceptors (Lipinski definition) is 0. The maximum Gasteiger partial charge on any atom is 0.463 e. The van der Waals surface area contributed by atoms with Gasteiger partial charge in [0, 0.05) is 0 Å². The standard InChI is InChI=1S/C4H10.C3F8/c1-3-4-2;4-1(5,2(6,7)8)3(9,10)11/h3-4H2,1-2H3;. The van der Waals surface area contributed by atoms with Crippen LogP contribution in [0.15, 0.2) is 0 Å². The van der Waals surface area contributed by atoms with E-state index in [1.54, 1.807) is 0 Å². The molecule has 0 fully saturated rings. The third kappa shape index (κ3) is 5.17. The number of unbranched alkanes of at least 4 members (excludes halogenated alkanes) is 1. The van der Waals surface area contributed by atoms with E-state index in [9.17, 15) is 35.1 Å². The van der Waals surface area contributed by atoms with Crippen LogP contribution in [0.5, 0.6) is 0 Å². The first-order valence-corrected chi connectivity index (χ1v) is 3.93. The molecule has 15 heavy (non-hydrogen) atoms. The zero-order chi connectivity index (χ0) is 12.9. The average molecular weight is 246 g/mol. The Hall–Kier alpha value is -0.560. The molecule has 0 aromatic heterocycles. The largest absolute Gasteiger partial charge is 0.463 e. The van der Waals surface area contributed by atoms with Crippen LogP contribution in [0.3, 0.4) is 0 Å². The van der Waals surface area contributed by atoms with Gasteiger partial charge >= 0.3 is 18.3 Å². The smallest absolute Gasteiger partial charge is 0.186 e. The van der Waals surface area contributed by atoms with Crippen molar-refractivity contribution in [2.75, 3.05) is 0 Å². The predicted molar refractivity (Wildman–Crippen MR) is 37.6 cm³/mol. The second-order valence-electron chi connectivity index (χ2n) is 2.57. The zero-order valence-electron chi connectivity index (χ0n) is 7.94. The number of alkyl halides is 8. The topological polar surface area (TPSA) is 0 Å². The Balaban J connectivity index is 0. The van der Waals surface area contributed by atoms with E-state index in [-0.39, 0.29) is 0 Å². The molecule has 0 heterocycles. The minimum absolute atomic E-state index is 1.32. The van der Waals surface area contributed by atoms with Gasteiger partial charge in [0.2, 0.25) is 0 Å². The summed E-state index contributed by atoms with van der Waals surface area (Å²) in [5.74, 6) is -6.62. The van der Waals surface area contributed by atoms with Gasteiger partial charge in [-0.15, -0.1) is 0 Å². The molecule has 0 aromatic rings. The van der Waals surface area contributed by atoms with Gasteiger partial charge in [0.15, 0.2) is 0 Å². The summed E-state index contributed by atoms with van der Waals surface area (Å²) in [6, 6.07) is 0. The summed E-state index contributed by atoms with van der Waals surface area (Å²) in [6.07, 6.45) is -10.5. The van der Waals surface area contributed by atoms with Crippen molar-refractivity contribution >= 4 is 0 Å². The molecule has 8 heteroatoms. The summed E-state index contributed by atoms with van der Waals surface area (Å²) in [4.78, 5) is 0. The van der Waals surface area contributed by atoms with E-state index in [1.165, 1.54) is 12.8 Å². The van der Waals surface area contributed by atoms with Crippen molar-refractivity contribution in [1.82, 2.24) is 0 Å². The van der Waals surface area contributed by atoms with Crippen molar-refractivity contribution < 1.29 is 35.1 Å². The van der Waals surface area contributed by atoms with Crippen molar-refractivity contribution in [3.63, 3.8) is 0 Å². The maximum atomic E-state index is 11.2. The van der Waals surface area contributed by atoms with Crippen molar-refractivity contribution in [2.45, 2.75) is 45.0 Å². The molecule has 0 spiro atoms. The van der Waals surface area contributed by atoms with Crippen molar-refractivity contribution in [1.29, 1.82) is 0 Å². The molecule has 0 aliphatic rings. The molecule has 0 aliphatic carbocycles.